The fraction of sp³-hybridized carbons (Fsp3) is 0.600. The maximum Gasteiger partial charge on any atom is 0.123 e. The van der Waals surface area contributed by atoms with E-state index in [1.54, 1.807) is 0 Å². The molecule has 2 rings (SSSR count). The van der Waals surface area contributed by atoms with Crippen molar-refractivity contribution >= 4 is 5.69 Å². The third-order valence-corrected chi connectivity index (χ3v) is 3.83. The van der Waals surface area contributed by atoms with Crippen LogP contribution in [0.2, 0.25) is 0 Å². The van der Waals surface area contributed by atoms with Crippen LogP contribution in [0.1, 0.15) is 25.7 Å². The van der Waals surface area contributed by atoms with Gasteiger partial charge < -0.3 is 10.2 Å². The number of nitrogens with one attached hydrogen (secondary N) is 1. The van der Waals surface area contributed by atoms with E-state index in [0.717, 1.165) is 18.2 Å². The Kier molecular flexibility index (Phi) is 5.00. The van der Waals surface area contributed by atoms with E-state index < -0.39 is 0 Å². The quantitative estimate of drug-likeness (QED) is 0.864. The summed E-state index contributed by atoms with van der Waals surface area (Å²) in [5.41, 5.74) is 1.10. The third-order valence-electron chi connectivity index (χ3n) is 3.83. The normalized spacial score (nSPS) is 16.8. The van der Waals surface area contributed by atoms with E-state index in [-0.39, 0.29) is 5.82 Å². The summed E-state index contributed by atoms with van der Waals surface area (Å²) in [6.07, 6.45) is 5.17. The highest BCUT2D eigenvalue weighted by atomic mass is 19.1. The molecule has 0 amide bonds. The van der Waals surface area contributed by atoms with Crippen molar-refractivity contribution in [3.05, 3.63) is 30.1 Å². The molecule has 0 saturated carbocycles. The summed E-state index contributed by atoms with van der Waals surface area (Å²) in [5.74, 6) is 0.731. The maximum atomic E-state index is 12.8. The zero-order valence-electron chi connectivity index (χ0n) is 11.2. The molecule has 18 heavy (non-hydrogen) atoms. The Morgan fingerprint density at radius 3 is 2.56 bits per heavy atom. The Balaban J connectivity index is 1.70. The Hall–Kier alpha value is -1.09. The summed E-state index contributed by atoms with van der Waals surface area (Å²) in [6.45, 7) is 3.41. The minimum Gasteiger partial charge on any atom is -0.375 e. The lowest BCUT2D eigenvalue weighted by Gasteiger charge is -2.24. The molecule has 2 nitrogen and oxygen atoms in total. The smallest absolute Gasteiger partial charge is 0.123 e. The van der Waals surface area contributed by atoms with Crippen LogP contribution in [0.3, 0.4) is 0 Å². The first-order valence-electron chi connectivity index (χ1n) is 6.93. The summed E-state index contributed by atoms with van der Waals surface area (Å²) >= 11 is 0. The lowest BCUT2D eigenvalue weighted by molar-refractivity contribution is 0.348. The Morgan fingerprint density at radius 1 is 1.22 bits per heavy atom. The van der Waals surface area contributed by atoms with E-state index in [9.17, 15) is 4.39 Å². The van der Waals surface area contributed by atoms with E-state index in [1.165, 1.54) is 50.9 Å². The number of benzene rings is 1. The molecule has 0 aromatic heterocycles. The van der Waals surface area contributed by atoms with Crippen LogP contribution in [0.15, 0.2) is 24.3 Å². The summed E-state index contributed by atoms with van der Waals surface area (Å²) in [5, 5.41) is 3.40. The van der Waals surface area contributed by atoms with Crippen molar-refractivity contribution in [2.75, 3.05) is 31.6 Å². The standard InChI is InChI=1S/C15H23FN2/c1-18(15-6-4-14(16)5-7-15)12-2-3-13-8-10-17-11-9-13/h4-7,13,17H,2-3,8-12H2,1H3. The minimum atomic E-state index is -0.165. The SMILES string of the molecule is CN(CCCC1CCNCC1)c1ccc(F)cc1. The van der Waals surface area contributed by atoms with Crippen LogP contribution in [-0.4, -0.2) is 26.7 Å². The van der Waals surface area contributed by atoms with Gasteiger partial charge in [-0.05, 0) is 69.0 Å². The number of anilines is 1. The molecule has 3 heteroatoms. The zero-order chi connectivity index (χ0) is 12.8. The van der Waals surface area contributed by atoms with Crippen molar-refractivity contribution in [2.24, 2.45) is 5.92 Å². The monoisotopic (exact) mass is 250 g/mol. The van der Waals surface area contributed by atoms with Crippen molar-refractivity contribution in [1.82, 2.24) is 5.32 Å². The zero-order valence-corrected chi connectivity index (χ0v) is 11.2. The van der Waals surface area contributed by atoms with Crippen molar-refractivity contribution in [1.29, 1.82) is 0 Å². The molecular weight excluding hydrogens is 227 g/mol. The second-order valence-electron chi connectivity index (χ2n) is 5.23. The van der Waals surface area contributed by atoms with E-state index in [0.29, 0.717) is 0 Å². The molecule has 0 atom stereocenters. The molecule has 1 aromatic carbocycles. The first-order chi connectivity index (χ1) is 8.75. The summed E-state index contributed by atoms with van der Waals surface area (Å²) in [4.78, 5) is 2.21. The van der Waals surface area contributed by atoms with Crippen molar-refractivity contribution in [3.63, 3.8) is 0 Å². The highest BCUT2D eigenvalue weighted by Crippen LogP contribution is 2.19. The van der Waals surface area contributed by atoms with Crippen molar-refractivity contribution in [3.8, 4) is 0 Å². The van der Waals surface area contributed by atoms with Crippen LogP contribution in [0, 0.1) is 11.7 Å². The molecule has 1 heterocycles. The van der Waals surface area contributed by atoms with Gasteiger partial charge in [0.2, 0.25) is 0 Å². The minimum absolute atomic E-state index is 0.165. The Labute approximate surface area is 109 Å². The van der Waals surface area contributed by atoms with Gasteiger partial charge in [-0.3, -0.25) is 0 Å². The molecule has 0 aliphatic carbocycles. The number of nitrogens with zero attached hydrogens (tertiary/aromatic N) is 1. The fourth-order valence-electron chi connectivity index (χ4n) is 2.61. The predicted octanol–water partition coefficient (Wildman–Crippen LogP) is 3.04. The highest BCUT2D eigenvalue weighted by molar-refractivity contribution is 5.45. The molecule has 100 valence electrons. The Morgan fingerprint density at radius 2 is 1.89 bits per heavy atom. The number of rotatable bonds is 5. The van der Waals surface area contributed by atoms with Gasteiger partial charge in [0.05, 0.1) is 0 Å². The predicted molar refractivity (Wildman–Crippen MR) is 74.5 cm³/mol. The molecule has 0 radical (unpaired) electrons. The Bertz CT molecular complexity index is 344. The summed E-state index contributed by atoms with van der Waals surface area (Å²) in [7, 11) is 2.08. The highest BCUT2D eigenvalue weighted by Gasteiger charge is 2.12. The van der Waals surface area contributed by atoms with Crippen LogP contribution < -0.4 is 10.2 Å². The topological polar surface area (TPSA) is 15.3 Å². The number of hydrogen-bond acceptors (Lipinski definition) is 2. The van der Waals surface area contributed by atoms with Crippen LogP contribution in [0.5, 0.6) is 0 Å². The third kappa shape index (κ3) is 3.98. The lowest BCUT2D eigenvalue weighted by atomic mass is 9.93. The van der Waals surface area contributed by atoms with Crippen molar-refractivity contribution in [2.45, 2.75) is 25.7 Å². The molecule has 1 N–H and O–H groups in total. The van der Waals surface area contributed by atoms with Gasteiger partial charge in [-0.15, -0.1) is 0 Å². The second kappa shape index (κ2) is 6.74. The van der Waals surface area contributed by atoms with Gasteiger partial charge in [0.25, 0.3) is 0 Å². The van der Waals surface area contributed by atoms with Gasteiger partial charge in [0, 0.05) is 19.3 Å². The molecule has 1 aromatic rings. The van der Waals surface area contributed by atoms with Gasteiger partial charge in [-0.25, -0.2) is 4.39 Å². The molecule has 0 spiro atoms. The number of hydrogen-bond donors (Lipinski definition) is 1. The van der Waals surface area contributed by atoms with Gasteiger partial charge >= 0.3 is 0 Å². The molecule has 1 fully saturated rings. The van der Waals surface area contributed by atoms with Crippen LogP contribution in [0.4, 0.5) is 10.1 Å². The number of halogens is 1. The summed E-state index contributed by atoms with van der Waals surface area (Å²) in [6, 6.07) is 6.75. The van der Waals surface area contributed by atoms with E-state index in [2.05, 4.69) is 17.3 Å². The summed E-state index contributed by atoms with van der Waals surface area (Å²) < 4.78 is 12.8. The molecule has 0 bridgehead atoms. The number of piperidine rings is 1. The first-order valence-corrected chi connectivity index (χ1v) is 6.93. The molecule has 1 saturated heterocycles. The van der Waals surface area contributed by atoms with E-state index in [4.69, 9.17) is 0 Å². The van der Waals surface area contributed by atoms with E-state index >= 15 is 0 Å². The van der Waals surface area contributed by atoms with Crippen LogP contribution in [-0.2, 0) is 0 Å². The average molecular weight is 250 g/mol. The van der Waals surface area contributed by atoms with Crippen LogP contribution in [0.25, 0.3) is 0 Å². The molecule has 1 aliphatic rings. The second-order valence-corrected chi connectivity index (χ2v) is 5.23. The van der Waals surface area contributed by atoms with E-state index in [1.807, 2.05) is 12.1 Å². The lowest BCUT2D eigenvalue weighted by Crippen LogP contribution is -2.28. The van der Waals surface area contributed by atoms with Crippen molar-refractivity contribution < 1.29 is 4.39 Å². The van der Waals surface area contributed by atoms with Gasteiger partial charge in [0.15, 0.2) is 0 Å². The van der Waals surface area contributed by atoms with Gasteiger partial charge in [-0.2, -0.15) is 0 Å². The molecule has 0 unspecified atom stereocenters. The van der Waals surface area contributed by atoms with Gasteiger partial charge in [-0.1, -0.05) is 0 Å². The fourth-order valence-corrected chi connectivity index (χ4v) is 2.61. The first kappa shape index (κ1) is 13.3. The molecule has 1 aliphatic heterocycles. The average Bonchev–Trinajstić information content (AvgIpc) is 2.40. The largest absolute Gasteiger partial charge is 0.375 e. The molecular formula is C15H23FN2. The van der Waals surface area contributed by atoms with Gasteiger partial charge in [0.1, 0.15) is 5.82 Å². The van der Waals surface area contributed by atoms with Crippen LogP contribution >= 0.6 is 0 Å². The maximum absolute atomic E-state index is 12.8.